The molecule has 1 amide bonds. The molecule has 4 nitrogen and oxygen atoms in total. The van der Waals surface area contributed by atoms with Crippen molar-refractivity contribution in [3.05, 3.63) is 54.4 Å². The Kier molecular flexibility index (Phi) is 4.59. The first-order chi connectivity index (χ1) is 10.7. The van der Waals surface area contributed by atoms with Crippen molar-refractivity contribution in [3.8, 4) is 5.69 Å². The number of amides is 1. The topological polar surface area (TPSA) is 54.3 Å². The summed E-state index contributed by atoms with van der Waals surface area (Å²) in [6.45, 7) is 0.648. The number of carbonyl (C=O) groups is 1. The van der Waals surface area contributed by atoms with Crippen LogP contribution in [-0.4, -0.2) is 28.2 Å². The Balaban J connectivity index is 1.56. The van der Waals surface area contributed by atoms with E-state index in [0.717, 1.165) is 31.4 Å². The van der Waals surface area contributed by atoms with E-state index < -0.39 is 0 Å². The molecule has 2 aromatic rings. The molecule has 2 atom stereocenters. The zero-order valence-electron chi connectivity index (χ0n) is 12.6. The van der Waals surface area contributed by atoms with Gasteiger partial charge >= 0.3 is 0 Å². The third kappa shape index (κ3) is 3.57. The van der Waals surface area contributed by atoms with E-state index in [0.29, 0.717) is 18.0 Å². The normalized spacial score (nSPS) is 21.5. The van der Waals surface area contributed by atoms with Gasteiger partial charge in [-0.15, -0.1) is 0 Å². The second-order valence-corrected chi connectivity index (χ2v) is 6.03. The van der Waals surface area contributed by atoms with Crippen LogP contribution < -0.4 is 5.32 Å². The molecule has 1 aliphatic carbocycles. The van der Waals surface area contributed by atoms with E-state index >= 15 is 0 Å². The van der Waals surface area contributed by atoms with Crippen molar-refractivity contribution in [2.75, 3.05) is 6.54 Å². The summed E-state index contributed by atoms with van der Waals surface area (Å²) in [5.74, 6) is 0.353. The minimum absolute atomic E-state index is 0.0425. The van der Waals surface area contributed by atoms with Gasteiger partial charge in [-0.1, -0.05) is 6.42 Å². The van der Waals surface area contributed by atoms with Crippen molar-refractivity contribution in [3.63, 3.8) is 0 Å². The molecule has 0 radical (unpaired) electrons. The summed E-state index contributed by atoms with van der Waals surface area (Å²) in [7, 11) is 0. The Labute approximate surface area is 130 Å². The maximum atomic E-state index is 12.2. The van der Waals surface area contributed by atoms with Gasteiger partial charge in [0.15, 0.2) is 0 Å². The van der Waals surface area contributed by atoms with Crippen molar-refractivity contribution in [1.82, 2.24) is 9.88 Å². The molecule has 0 spiro atoms. The third-order valence-electron chi connectivity index (χ3n) is 4.34. The number of hydrogen-bond donors (Lipinski definition) is 2. The van der Waals surface area contributed by atoms with Crippen LogP contribution in [0.3, 0.4) is 0 Å². The van der Waals surface area contributed by atoms with Crippen LogP contribution in [0.15, 0.2) is 48.8 Å². The summed E-state index contributed by atoms with van der Waals surface area (Å²) in [4.78, 5) is 12.2. The minimum atomic E-state index is -0.198. The molecule has 1 fully saturated rings. The molecule has 22 heavy (non-hydrogen) atoms. The van der Waals surface area contributed by atoms with Crippen molar-refractivity contribution in [1.29, 1.82) is 0 Å². The lowest BCUT2D eigenvalue weighted by molar-refractivity contribution is 0.0874. The SMILES string of the molecule is O=C(NCC1CCCC(O)C1)c1ccc(-n2cccc2)cc1. The number of nitrogens with one attached hydrogen (secondary N) is 1. The predicted octanol–water partition coefficient (Wildman–Crippen LogP) is 2.76. The Morgan fingerprint density at radius 2 is 1.91 bits per heavy atom. The summed E-state index contributed by atoms with van der Waals surface area (Å²) in [5, 5.41) is 12.7. The summed E-state index contributed by atoms with van der Waals surface area (Å²) in [5.41, 5.74) is 1.71. The molecule has 3 rings (SSSR count). The molecule has 1 aromatic heterocycles. The van der Waals surface area contributed by atoms with E-state index in [1.165, 1.54) is 0 Å². The summed E-state index contributed by atoms with van der Waals surface area (Å²) >= 11 is 0. The van der Waals surface area contributed by atoms with E-state index in [1.807, 2.05) is 53.4 Å². The second kappa shape index (κ2) is 6.79. The number of aliphatic hydroxyl groups is 1. The molecule has 116 valence electrons. The molecule has 2 N–H and O–H groups in total. The highest BCUT2D eigenvalue weighted by Gasteiger charge is 2.20. The average molecular weight is 298 g/mol. The number of aliphatic hydroxyl groups excluding tert-OH is 1. The molecule has 4 heteroatoms. The van der Waals surface area contributed by atoms with Gasteiger partial charge in [-0.2, -0.15) is 0 Å². The fourth-order valence-corrected chi connectivity index (χ4v) is 3.08. The quantitative estimate of drug-likeness (QED) is 0.912. The average Bonchev–Trinajstić information content (AvgIpc) is 3.07. The van der Waals surface area contributed by atoms with E-state index in [9.17, 15) is 9.90 Å². The molecule has 0 bridgehead atoms. The third-order valence-corrected chi connectivity index (χ3v) is 4.34. The second-order valence-electron chi connectivity index (χ2n) is 6.03. The zero-order valence-corrected chi connectivity index (χ0v) is 12.6. The molecule has 1 heterocycles. The molecular weight excluding hydrogens is 276 g/mol. The lowest BCUT2D eigenvalue weighted by Crippen LogP contribution is -2.32. The highest BCUT2D eigenvalue weighted by Crippen LogP contribution is 2.23. The molecule has 1 aliphatic rings. The van der Waals surface area contributed by atoms with Gasteiger partial charge in [0.25, 0.3) is 5.91 Å². The first-order valence-corrected chi connectivity index (χ1v) is 7.92. The standard InChI is InChI=1S/C18H22N2O2/c21-17-5-3-4-14(12-17)13-19-18(22)15-6-8-16(9-7-15)20-10-1-2-11-20/h1-2,6-11,14,17,21H,3-5,12-13H2,(H,19,22). The predicted molar refractivity (Wildman–Crippen MR) is 86.1 cm³/mol. The maximum Gasteiger partial charge on any atom is 0.251 e. The fourth-order valence-electron chi connectivity index (χ4n) is 3.08. The number of rotatable bonds is 4. The van der Waals surface area contributed by atoms with Crippen molar-refractivity contribution in [2.45, 2.75) is 31.8 Å². The molecule has 2 unspecified atom stereocenters. The van der Waals surface area contributed by atoms with Gasteiger partial charge in [-0.05, 0) is 61.6 Å². The largest absolute Gasteiger partial charge is 0.393 e. The van der Waals surface area contributed by atoms with Gasteiger partial charge < -0.3 is 15.0 Å². The van der Waals surface area contributed by atoms with Crippen molar-refractivity contribution in [2.24, 2.45) is 5.92 Å². The number of benzene rings is 1. The molecular formula is C18H22N2O2. The van der Waals surface area contributed by atoms with Crippen molar-refractivity contribution < 1.29 is 9.90 Å². The van der Waals surface area contributed by atoms with Crippen LogP contribution >= 0.6 is 0 Å². The molecule has 1 aromatic carbocycles. The van der Waals surface area contributed by atoms with Crippen LogP contribution in [0.1, 0.15) is 36.0 Å². The minimum Gasteiger partial charge on any atom is -0.393 e. The van der Waals surface area contributed by atoms with Crippen LogP contribution in [0.4, 0.5) is 0 Å². The number of aromatic nitrogens is 1. The van der Waals surface area contributed by atoms with E-state index in [-0.39, 0.29) is 12.0 Å². The Bertz CT molecular complexity index is 605. The van der Waals surface area contributed by atoms with Gasteiger partial charge in [0.2, 0.25) is 0 Å². The summed E-state index contributed by atoms with van der Waals surface area (Å²) in [6.07, 6.45) is 7.58. The van der Waals surface area contributed by atoms with Crippen LogP contribution in [-0.2, 0) is 0 Å². The molecule has 1 saturated carbocycles. The number of hydrogen-bond acceptors (Lipinski definition) is 2. The summed E-state index contributed by atoms with van der Waals surface area (Å²) < 4.78 is 2.01. The first-order valence-electron chi connectivity index (χ1n) is 7.92. The highest BCUT2D eigenvalue weighted by atomic mass is 16.3. The Hall–Kier alpha value is -2.07. The van der Waals surface area contributed by atoms with E-state index in [4.69, 9.17) is 0 Å². The Morgan fingerprint density at radius 1 is 1.18 bits per heavy atom. The van der Waals surface area contributed by atoms with Gasteiger partial charge in [0.05, 0.1) is 6.10 Å². The van der Waals surface area contributed by atoms with Gasteiger partial charge in [-0.25, -0.2) is 0 Å². The maximum absolute atomic E-state index is 12.2. The molecule has 0 saturated heterocycles. The van der Waals surface area contributed by atoms with Gasteiger partial charge in [0.1, 0.15) is 0 Å². The zero-order chi connectivity index (χ0) is 15.4. The number of nitrogens with zero attached hydrogens (tertiary/aromatic N) is 1. The highest BCUT2D eigenvalue weighted by molar-refractivity contribution is 5.94. The Morgan fingerprint density at radius 3 is 2.59 bits per heavy atom. The van der Waals surface area contributed by atoms with Crippen LogP contribution in [0.25, 0.3) is 5.69 Å². The van der Waals surface area contributed by atoms with Gasteiger partial charge in [-0.3, -0.25) is 4.79 Å². The summed E-state index contributed by atoms with van der Waals surface area (Å²) in [6, 6.07) is 11.5. The van der Waals surface area contributed by atoms with Crippen LogP contribution in [0.2, 0.25) is 0 Å². The van der Waals surface area contributed by atoms with Crippen molar-refractivity contribution >= 4 is 5.91 Å². The van der Waals surface area contributed by atoms with Crippen LogP contribution in [0.5, 0.6) is 0 Å². The number of carbonyl (C=O) groups excluding carboxylic acids is 1. The van der Waals surface area contributed by atoms with Crippen LogP contribution in [0, 0.1) is 5.92 Å². The van der Waals surface area contributed by atoms with E-state index in [1.54, 1.807) is 0 Å². The molecule has 0 aliphatic heterocycles. The fraction of sp³-hybridized carbons (Fsp3) is 0.389. The smallest absolute Gasteiger partial charge is 0.251 e. The van der Waals surface area contributed by atoms with E-state index in [2.05, 4.69) is 5.32 Å². The first kappa shape index (κ1) is 14.9. The van der Waals surface area contributed by atoms with Gasteiger partial charge in [0, 0.05) is 30.2 Å². The lowest BCUT2D eigenvalue weighted by atomic mass is 9.87. The monoisotopic (exact) mass is 298 g/mol. The lowest BCUT2D eigenvalue weighted by Gasteiger charge is -2.25.